The Labute approximate surface area is 156 Å². The van der Waals surface area contributed by atoms with Crippen molar-refractivity contribution in [2.75, 3.05) is 6.54 Å². The molecule has 2 atom stereocenters. The van der Waals surface area contributed by atoms with E-state index in [9.17, 15) is 9.59 Å². The molecule has 0 saturated carbocycles. The summed E-state index contributed by atoms with van der Waals surface area (Å²) >= 11 is 6.07. The lowest BCUT2D eigenvalue weighted by molar-refractivity contribution is -0.124. The fourth-order valence-corrected chi connectivity index (χ4v) is 2.92. The number of halogens is 1. The fraction of sp³-hybridized carbons (Fsp3) is 0.600. The van der Waals surface area contributed by atoms with Gasteiger partial charge in [0.1, 0.15) is 6.04 Å². The van der Waals surface area contributed by atoms with Gasteiger partial charge in [0.15, 0.2) is 0 Å². The molecule has 5 heteroatoms. The van der Waals surface area contributed by atoms with E-state index >= 15 is 0 Å². The highest BCUT2D eigenvalue weighted by Crippen LogP contribution is 2.16. The van der Waals surface area contributed by atoms with Crippen molar-refractivity contribution in [3.05, 3.63) is 34.9 Å². The quantitative estimate of drug-likeness (QED) is 0.643. The molecular weight excluding hydrogens is 336 g/mol. The lowest BCUT2D eigenvalue weighted by atomic mass is 9.98. The average molecular weight is 367 g/mol. The van der Waals surface area contributed by atoms with Crippen molar-refractivity contribution in [3.8, 4) is 0 Å². The first-order valence-electron chi connectivity index (χ1n) is 9.23. The number of benzene rings is 1. The Bertz CT molecular complexity index is 560. The SMILES string of the molecule is CCCCC(CC)CNC(=O)C(NC(=O)c1ccccc1Cl)C(C)C. The topological polar surface area (TPSA) is 58.2 Å². The Morgan fingerprint density at radius 2 is 1.84 bits per heavy atom. The number of nitrogens with one attached hydrogen (secondary N) is 2. The second kappa shape index (κ2) is 11.1. The van der Waals surface area contributed by atoms with Crippen LogP contribution >= 0.6 is 11.6 Å². The summed E-state index contributed by atoms with van der Waals surface area (Å²) in [5, 5.41) is 6.21. The van der Waals surface area contributed by atoms with Crippen LogP contribution in [0.5, 0.6) is 0 Å². The van der Waals surface area contributed by atoms with E-state index in [1.54, 1.807) is 24.3 Å². The third-order valence-electron chi connectivity index (χ3n) is 4.46. The first-order valence-corrected chi connectivity index (χ1v) is 9.61. The zero-order valence-corrected chi connectivity index (χ0v) is 16.5. The van der Waals surface area contributed by atoms with Crippen LogP contribution in [-0.2, 0) is 4.79 Å². The first-order chi connectivity index (χ1) is 11.9. The molecular formula is C20H31ClN2O2. The summed E-state index contributed by atoms with van der Waals surface area (Å²) < 4.78 is 0. The molecule has 0 aliphatic heterocycles. The Kier molecular flexibility index (Phi) is 9.58. The Morgan fingerprint density at radius 3 is 2.40 bits per heavy atom. The minimum atomic E-state index is -0.576. The average Bonchev–Trinajstić information content (AvgIpc) is 2.59. The molecule has 1 rings (SSSR count). The zero-order valence-electron chi connectivity index (χ0n) is 15.8. The van der Waals surface area contributed by atoms with Gasteiger partial charge in [0.05, 0.1) is 10.6 Å². The molecule has 25 heavy (non-hydrogen) atoms. The van der Waals surface area contributed by atoms with Gasteiger partial charge in [-0.25, -0.2) is 0 Å². The predicted octanol–water partition coefficient (Wildman–Crippen LogP) is 4.43. The van der Waals surface area contributed by atoms with Gasteiger partial charge in [0.2, 0.25) is 5.91 Å². The molecule has 0 radical (unpaired) electrons. The second-order valence-electron chi connectivity index (χ2n) is 6.84. The maximum atomic E-state index is 12.6. The molecule has 2 amide bonds. The van der Waals surface area contributed by atoms with Gasteiger partial charge < -0.3 is 10.6 Å². The molecule has 0 fully saturated rings. The Balaban J connectivity index is 2.68. The maximum absolute atomic E-state index is 12.6. The maximum Gasteiger partial charge on any atom is 0.253 e. The highest BCUT2D eigenvalue weighted by Gasteiger charge is 2.25. The van der Waals surface area contributed by atoms with Crippen molar-refractivity contribution in [3.63, 3.8) is 0 Å². The standard InChI is InChI=1S/C20H31ClN2O2/c1-5-7-10-15(6-2)13-22-20(25)18(14(3)4)23-19(24)16-11-8-9-12-17(16)21/h8-9,11-12,14-15,18H,5-7,10,13H2,1-4H3,(H,22,25)(H,23,24). The lowest BCUT2D eigenvalue weighted by Gasteiger charge is -2.23. The predicted molar refractivity (Wildman–Crippen MR) is 104 cm³/mol. The van der Waals surface area contributed by atoms with Gasteiger partial charge in [-0.15, -0.1) is 0 Å². The van der Waals surface area contributed by atoms with Crippen LogP contribution in [0.4, 0.5) is 0 Å². The summed E-state index contributed by atoms with van der Waals surface area (Å²) in [7, 11) is 0. The van der Waals surface area contributed by atoms with E-state index in [-0.39, 0.29) is 17.7 Å². The minimum Gasteiger partial charge on any atom is -0.354 e. The van der Waals surface area contributed by atoms with E-state index in [1.807, 2.05) is 13.8 Å². The van der Waals surface area contributed by atoms with Crippen LogP contribution in [0.25, 0.3) is 0 Å². The van der Waals surface area contributed by atoms with Gasteiger partial charge >= 0.3 is 0 Å². The normalized spacial score (nSPS) is 13.4. The number of hydrogen-bond acceptors (Lipinski definition) is 2. The molecule has 0 spiro atoms. The van der Waals surface area contributed by atoms with Gasteiger partial charge in [0, 0.05) is 6.54 Å². The third-order valence-corrected chi connectivity index (χ3v) is 4.79. The number of carbonyl (C=O) groups excluding carboxylic acids is 2. The summed E-state index contributed by atoms with van der Waals surface area (Å²) in [5.74, 6) is 0.0148. The number of hydrogen-bond donors (Lipinski definition) is 2. The third kappa shape index (κ3) is 7.07. The van der Waals surface area contributed by atoms with E-state index in [1.165, 1.54) is 6.42 Å². The summed E-state index contributed by atoms with van der Waals surface area (Å²) in [6, 6.07) is 6.27. The van der Waals surface area contributed by atoms with Crippen molar-refractivity contribution >= 4 is 23.4 Å². The molecule has 0 aromatic heterocycles. The van der Waals surface area contributed by atoms with E-state index in [4.69, 9.17) is 11.6 Å². The molecule has 2 unspecified atom stereocenters. The number of unbranched alkanes of at least 4 members (excludes halogenated alkanes) is 1. The molecule has 4 nitrogen and oxygen atoms in total. The molecule has 0 heterocycles. The molecule has 2 N–H and O–H groups in total. The van der Waals surface area contributed by atoms with Crippen LogP contribution < -0.4 is 10.6 Å². The Hall–Kier alpha value is -1.55. The molecule has 0 bridgehead atoms. The second-order valence-corrected chi connectivity index (χ2v) is 7.24. The van der Waals surface area contributed by atoms with Crippen molar-refractivity contribution in [2.45, 2.75) is 59.4 Å². The summed E-state index contributed by atoms with van der Waals surface area (Å²) in [6.45, 7) is 8.81. The molecule has 1 aromatic rings. The lowest BCUT2D eigenvalue weighted by Crippen LogP contribution is -2.50. The van der Waals surface area contributed by atoms with Crippen LogP contribution in [-0.4, -0.2) is 24.4 Å². The van der Waals surface area contributed by atoms with Crippen molar-refractivity contribution in [1.29, 1.82) is 0 Å². The number of carbonyl (C=O) groups is 2. The molecule has 0 saturated heterocycles. The van der Waals surface area contributed by atoms with Gasteiger partial charge in [-0.3, -0.25) is 9.59 Å². The number of rotatable bonds is 10. The van der Waals surface area contributed by atoms with Crippen LogP contribution in [0.2, 0.25) is 5.02 Å². The van der Waals surface area contributed by atoms with Gasteiger partial charge in [-0.1, -0.05) is 70.7 Å². The van der Waals surface area contributed by atoms with Crippen molar-refractivity contribution < 1.29 is 9.59 Å². The van der Waals surface area contributed by atoms with E-state index in [0.29, 0.717) is 23.0 Å². The monoisotopic (exact) mass is 366 g/mol. The summed E-state index contributed by atoms with van der Waals surface area (Å²) in [5.41, 5.74) is 0.386. The van der Waals surface area contributed by atoms with Gasteiger partial charge in [0.25, 0.3) is 5.91 Å². The van der Waals surface area contributed by atoms with Crippen LogP contribution in [0.15, 0.2) is 24.3 Å². The van der Waals surface area contributed by atoms with Crippen LogP contribution in [0.1, 0.15) is 63.7 Å². The van der Waals surface area contributed by atoms with Crippen LogP contribution in [0, 0.1) is 11.8 Å². The highest BCUT2D eigenvalue weighted by atomic mass is 35.5. The molecule has 0 aliphatic rings. The van der Waals surface area contributed by atoms with E-state index in [0.717, 1.165) is 19.3 Å². The van der Waals surface area contributed by atoms with Gasteiger partial charge in [-0.05, 0) is 30.4 Å². The molecule has 1 aromatic carbocycles. The van der Waals surface area contributed by atoms with Crippen LogP contribution in [0.3, 0.4) is 0 Å². The fourth-order valence-electron chi connectivity index (χ4n) is 2.70. The summed E-state index contributed by atoms with van der Waals surface area (Å²) in [6.07, 6.45) is 4.49. The van der Waals surface area contributed by atoms with Crippen molar-refractivity contribution in [2.24, 2.45) is 11.8 Å². The first kappa shape index (κ1) is 21.5. The highest BCUT2D eigenvalue weighted by molar-refractivity contribution is 6.33. The van der Waals surface area contributed by atoms with Gasteiger partial charge in [-0.2, -0.15) is 0 Å². The largest absolute Gasteiger partial charge is 0.354 e. The summed E-state index contributed by atoms with van der Waals surface area (Å²) in [4.78, 5) is 25.0. The Morgan fingerprint density at radius 1 is 1.16 bits per heavy atom. The van der Waals surface area contributed by atoms with E-state index < -0.39 is 6.04 Å². The molecule has 140 valence electrons. The van der Waals surface area contributed by atoms with Crippen molar-refractivity contribution in [1.82, 2.24) is 10.6 Å². The smallest absolute Gasteiger partial charge is 0.253 e. The minimum absolute atomic E-state index is 0.0119. The zero-order chi connectivity index (χ0) is 18.8. The number of amides is 2. The van der Waals surface area contributed by atoms with E-state index in [2.05, 4.69) is 24.5 Å². The molecule has 0 aliphatic carbocycles.